The van der Waals surface area contributed by atoms with Crippen molar-refractivity contribution in [2.45, 2.75) is 13.5 Å². The number of carbonyl (C=O) groups is 1. The highest BCUT2D eigenvalue weighted by Gasteiger charge is 2.22. The number of hydrogen-bond donors (Lipinski definition) is 0. The Kier molecular flexibility index (Phi) is 4.90. The number of hydrogen-bond acceptors (Lipinski definition) is 5. The van der Waals surface area contributed by atoms with Gasteiger partial charge < -0.3 is 18.8 Å². The van der Waals surface area contributed by atoms with E-state index in [0.717, 1.165) is 11.1 Å². The minimum absolute atomic E-state index is 0.105. The van der Waals surface area contributed by atoms with Gasteiger partial charge in [0.15, 0.2) is 17.3 Å². The zero-order valence-corrected chi connectivity index (χ0v) is 17.8. The molecule has 2 heterocycles. The number of aromatic nitrogens is 1. The summed E-state index contributed by atoms with van der Waals surface area (Å²) in [5, 5.41) is 0.417. The molecule has 0 spiro atoms. The van der Waals surface area contributed by atoms with E-state index in [1.54, 1.807) is 49.7 Å². The maximum absolute atomic E-state index is 13.4. The van der Waals surface area contributed by atoms with Gasteiger partial charge in [-0.3, -0.25) is 9.59 Å². The second-order valence-corrected chi connectivity index (χ2v) is 7.77. The molecular weight excluding hydrogens is 406 g/mol. The lowest BCUT2D eigenvalue weighted by atomic mass is 10.0. The molecule has 0 fully saturated rings. The number of aryl methyl sites for hydroxylation is 1. The number of pyridine rings is 1. The van der Waals surface area contributed by atoms with E-state index < -0.39 is 0 Å². The Hall–Kier alpha value is -4.06. The fraction of sp³-hybridized carbons (Fsp3) is 0.154. The third kappa shape index (κ3) is 3.50. The first-order valence-electron chi connectivity index (χ1n) is 10.2. The number of methoxy groups -OCH3 is 1. The van der Waals surface area contributed by atoms with Crippen LogP contribution >= 0.6 is 0 Å². The first-order chi connectivity index (χ1) is 15.5. The monoisotopic (exact) mass is 427 g/mol. The van der Waals surface area contributed by atoms with Gasteiger partial charge in [0, 0.05) is 24.4 Å². The molecule has 32 heavy (non-hydrogen) atoms. The van der Waals surface area contributed by atoms with Crippen molar-refractivity contribution in [1.82, 2.24) is 4.57 Å². The summed E-state index contributed by atoms with van der Waals surface area (Å²) >= 11 is 0. The van der Waals surface area contributed by atoms with Gasteiger partial charge in [-0.15, -0.1) is 0 Å². The van der Waals surface area contributed by atoms with Gasteiger partial charge in [-0.05, 0) is 42.8 Å². The first-order valence-corrected chi connectivity index (χ1v) is 10.2. The molecule has 0 bridgehead atoms. The van der Waals surface area contributed by atoms with E-state index in [0.29, 0.717) is 40.3 Å². The van der Waals surface area contributed by atoms with Crippen LogP contribution in [0.1, 0.15) is 27.0 Å². The average Bonchev–Trinajstić information content (AvgIpc) is 3.28. The second kappa shape index (κ2) is 7.89. The van der Waals surface area contributed by atoms with E-state index in [1.807, 2.05) is 35.8 Å². The lowest BCUT2D eigenvalue weighted by Gasteiger charge is -2.14. The molecule has 0 atom stereocenters. The number of rotatable bonds is 5. The second-order valence-electron chi connectivity index (χ2n) is 7.77. The lowest BCUT2D eigenvalue weighted by Crippen LogP contribution is -2.20. The highest BCUT2D eigenvalue weighted by molar-refractivity contribution is 6.10. The number of ether oxygens (including phenoxy) is 3. The van der Waals surface area contributed by atoms with Crippen molar-refractivity contribution in [2.24, 2.45) is 0 Å². The largest absolute Gasteiger partial charge is 0.497 e. The molecule has 6 heteroatoms. The molecule has 4 aromatic rings. The first kappa shape index (κ1) is 19.9. The van der Waals surface area contributed by atoms with E-state index in [4.69, 9.17) is 14.2 Å². The van der Waals surface area contributed by atoms with Crippen LogP contribution in [-0.2, 0) is 6.54 Å². The Morgan fingerprint density at radius 2 is 1.69 bits per heavy atom. The third-order valence-corrected chi connectivity index (χ3v) is 5.64. The van der Waals surface area contributed by atoms with Gasteiger partial charge in [-0.1, -0.05) is 29.8 Å². The third-order valence-electron chi connectivity index (χ3n) is 5.64. The molecule has 1 aromatic heterocycles. The van der Waals surface area contributed by atoms with Crippen LogP contribution in [0.3, 0.4) is 0 Å². The van der Waals surface area contributed by atoms with Crippen LogP contribution < -0.4 is 19.6 Å². The van der Waals surface area contributed by atoms with E-state index in [1.165, 1.54) is 0 Å². The van der Waals surface area contributed by atoms with Crippen LogP contribution in [0.4, 0.5) is 0 Å². The topological polar surface area (TPSA) is 66.8 Å². The number of nitrogens with zero attached hydrogens (tertiary/aromatic N) is 1. The number of fused-ring (bicyclic) bond motifs is 2. The molecule has 0 unspecified atom stereocenters. The molecule has 0 amide bonds. The summed E-state index contributed by atoms with van der Waals surface area (Å²) in [5.41, 5.74) is 3.10. The number of carbonyl (C=O) groups excluding carboxylic acids is 1. The van der Waals surface area contributed by atoms with E-state index in [-0.39, 0.29) is 23.6 Å². The smallest absolute Gasteiger partial charge is 0.231 e. The Labute approximate surface area is 184 Å². The molecule has 0 aliphatic carbocycles. The minimum atomic E-state index is -0.338. The van der Waals surface area contributed by atoms with Crippen molar-refractivity contribution in [3.63, 3.8) is 0 Å². The summed E-state index contributed by atoms with van der Waals surface area (Å²) in [7, 11) is 1.56. The maximum atomic E-state index is 13.4. The summed E-state index contributed by atoms with van der Waals surface area (Å²) in [5.74, 6) is 1.40. The van der Waals surface area contributed by atoms with E-state index >= 15 is 0 Å². The van der Waals surface area contributed by atoms with E-state index in [2.05, 4.69) is 0 Å². The fourth-order valence-corrected chi connectivity index (χ4v) is 3.86. The Balaban J connectivity index is 1.68. The Morgan fingerprint density at radius 1 is 1.00 bits per heavy atom. The minimum Gasteiger partial charge on any atom is -0.497 e. The molecule has 0 N–H and O–H groups in total. The highest BCUT2D eigenvalue weighted by Crippen LogP contribution is 2.35. The molecule has 3 aromatic carbocycles. The van der Waals surface area contributed by atoms with Crippen molar-refractivity contribution in [3.8, 4) is 17.2 Å². The van der Waals surface area contributed by atoms with Gasteiger partial charge in [0.2, 0.25) is 12.2 Å². The van der Waals surface area contributed by atoms with Crippen molar-refractivity contribution in [3.05, 3.63) is 99.3 Å². The van der Waals surface area contributed by atoms with Crippen molar-refractivity contribution in [2.75, 3.05) is 13.9 Å². The van der Waals surface area contributed by atoms with Gasteiger partial charge in [0.1, 0.15) is 5.75 Å². The summed E-state index contributed by atoms with van der Waals surface area (Å²) < 4.78 is 18.1. The summed E-state index contributed by atoms with van der Waals surface area (Å²) in [6.07, 6.45) is 1.64. The average molecular weight is 427 g/mol. The van der Waals surface area contributed by atoms with Gasteiger partial charge in [0.25, 0.3) is 0 Å². The summed E-state index contributed by atoms with van der Waals surface area (Å²) in [6.45, 7) is 2.64. The van der Waals surface area contributed by atoms with Crippen LogP contribution in [0, 0.1) is 6.92 Å². The van der Waals surface area contributed by atoms with Gasteiger partial charge in [-0.2, -0.15) is 0 Å². The van der Waals surface area contributed by atoms with Crippen molar-refractivity contribution >= 4 is 16.7 Å². The van der Waals surface area contributed by atoms with Crippen LogP contribution in [0.5, 0.6) is 17.2 Å². The van der Waals surface area contributed by atoms with Crippen LogP contribution in [0.25, 0.3) is 10.9 Å². The van der Waals surface area contributed by atoms with Crippen molar-refractivity contribution < 1.29 is 19.0 Å². The number of ketones is 1. The molecule has 0 saturated carbocycles. The zero-order valence-electron chi connectivity index (χ0n) is 17.8. The number of benzene rings is 3. The summed E-state index contributed by atoms with van der Waals surface area (Å²) in [6, 6.07) is 18.4. The molecule has 1 aliphatic rings. The Bertz CT molecular complexity index is 1390. The Morgan fingerprint density at radius 3 is 2.38 bits per heavy atom. The van der Waals surface area contributed by atoms with Gasteiger partial charge >= 0.3 is 0 Å². The van der Waals surface area contributed by atoms with Crippen molar-refractivity contribution in [1.29, 1.82) is 0 Å². The van der Waals surface area contributed by atoms with Gasteiger partial charge in [-0.25, -0.2) is 0 Å². The molecule has 1 aliphatic heterocycles. The predicted octanol–water partition coefficient (Wildman–Crippen LogP) is 4.33. The molecule has 0 saturated heterocycles. The van der Waals surface area contributed by atoms with Crippen LogP contribution in [-0.4, -0.2) is 24.3 Å². The summed E-state index contributed by atoms with van der Waals surface area (Å²) in [4.78, 5) is 26.6. The molecule has 5 rings (SSSR count). The molecule has 6 nitrogen and oxygen atoms in total. The maximum Gasteiger partial charge on any atom is 0.231 e. The zero-order chi connectivity index (χ0) is 22.2. The van der Waals surface area contributed by atoms with E-state index in [9.17, 15) is 9.59 Å². The van der Waals surface area contributed by atoms with Crippen LogP contribution in [0.2, 0.25) is 0 Å². The highest BCUT2D eigenvalue weighted by atomic mass is 16.7. The van der Waals surface area contributed by atoms with Crippen LogP contribution in [0.15, 0.2) is 71.7 Å². The predicted molar refractivity (Wildman–Crippen MR) is 121 cm³/mol. The quantitative estimate of drug-likeness (QED) is 0.444. The standard InChI is InChI=1S/C26H21NO5/c1-16-3-5-17(6-4-16)13-27-14-21(25(28)18-7-9-19(30-2)10-8-18)26(29)20-11-23-24(12-22(20)27)32-15-31-23/h3-12,14H,13,15H2,1-2H3. The SMILES string of the molecule is COc1ccc(C(=O)c2cn(Cc3ccc(C)cc3)c3cc4c(cc3c2=O)OCO4)cc1. The lowest BCUT2D eigenvalue weighted by molar-refractivity contribution is 0.103. The molecule has 0 radical (unpaired) electrons. The molecular formula is C26H21NO5. The van der Waals surface area contributed by atoms with Gasteiger partial charge in [0.05, 0.1) is 23.6 Å². The normalized spacial score (nSPS) is 12.2. The molecule has 160 valence electrons. The fourth-order valence-electron chi connectivity index (χ4n) is 3.86.